The Balaban J connectivity index is 2.75. The van der Waals surface area contributed by atoms with Gasteiger partial charge in [0.15, 0.2) is 0 Å². The highest BCUT2D eigenvalue weighted by Crippen LogP contribution is 2.31. The molecule has 0 aliphatic heterocycles. The number of hydrogen-bond acceptors (Lipinski definition) is 2. The molecule has 0 radical (unpaired) electrons. The van der Waals surface area contributed by atoms with Gasteiger partial charge in [0.2, 0.25) is 0 Å². The molecule has 1 nitrogen and oxygen atoms in total. The van der Waals surface area contributed by atoms with Crippen LogP contribution in [0.4, 0.5) is 0 Å². The lowest BCUT2D eigenvalue weighted by Crippen LogP contribution is -2.20. The lowest BCUT2D eigenvalue weighted by Gasteiger charge is -2.18. The zero-order valence-electron chi connectivity index (χ0n) is 8.30. The van der Waals surface area contributed by atoms with E-state index in [4.69, 9.17) is 0 Å². The molecule has 0 saturated carbocycles. The van der Waals surface area contributed by atoms with Gasteiger partial charge < -0.3 is 5.32 Å². The third-order valence-corrected chi connectivity index (χ3v) is 4.01. The van der Waals surface area contributed by atoms with Crippen LogP contribution in [0.2, 0.25) is 0 Å². The Morgan fingerprint density at radius 2 is 2.23 bits per heavy atom. The van der Waals surface area contributed by atoms with E-state index in [0.29, 0.717) is 11.8 Å². The first kappa shape index (κ1) is 11.2. The van der Waals surface area contributed by atoms with Crippen LogP contribution in [0.3, 0.4) is 0 Å². The minimum atomic E-state index is 0.640. The minimum absolute atomic E-state index is 0.640. The van der Waals surface area contributed by atoms with E-state index in [9.17, 15) is 0 Å². The van der Waals surface area contributed by atoms with Gasteiger partial charge in [-0.15, -0.1) is 11.3 Å². The van der Waals surface area contributed by atoms with E-state index in [1.807, 2.05) is 18.4 Å². The van der Waals surface area contributed by atoms with Gasteiger partial charge in [-0.1, -0.05) is 13.8 Å². The fourth-order valence-corrected chi connectivity index (χ4v) is 3.13. The fraction of sp³-hybridized carbons (Fsp3) is 0.600. The van der Waals surface area contributed by atoms with Gasteiger partial charge >= 0.3 is 0 Å². The number of rotatable bonds is 4. The molecule has 1 atom stereocenters. The van der Waals surface area contributed by atoms with E-state index in [0.717, 1.165) is 6.54 Å². The first-order chi connectivity index (χ1) is 6.15. The molecular weight excluding hydrogens is 246 g/mol. The first-order valence-electron chi connectivity index (χ1n) is 4.53. The van der Waals surface area contributed by atoms with Gasteiger partial charge in [-0.05, 0) is 35.0 Å². The van der Waals surface area contributed by atoms with Gasteiger partial charge in [0.25, 0.3) is 0 Å². The smallest absolute Gasteiger partial charge is 0.0285 e. The van der Waals surface area contributed by atoms with E-state index in [1.165, 1.54) is 9.35 Å². The van der Waals surface area contributed by atoms with Gasteiger partial charge in [-0.2, -0.15) is 0 Å². The summed E-state index contributed by atoms with van der Waals surface area (Å²) in [7, 11) is 2.01. The van der Waals surface area contributed by atoms with Crippen molar-refractivity contribution in [2.45, 2.75) is 19.8 Å². The highest BCUT2D eigenvalue weighted by molar-refractivity contribution is 9.10. The quantitative estimate of drug-likeness (QED) is 0.876. The van der Waals surface area contributed by atoms with Gasteiger partial charge in [0.1, 0.15) is 0 Å². The van der Waals surface area contributed by atoms with Crippen LogP contribution >= 0.6 is 27.3 Å². The summed E-state index contributed by atoms with van der Waals surface area (Å²) < 4.78 is 1.20. The predicted octanol–water partition coefficient (Wildman–Crippen LogP) is 3.47. The van der Waals surface area contributed by atoms with Crippen molar-refractivity contribution in [2.24, 2.45) is 5.92 Å². The Hall–Kier alpha value is 0.140. The summed E-state index contributed by atoms with van der Waals surface area (Å²) in [5, 5.41) is 5.40. The minimum Gasteiger partial charge on any atom is -0.319 e. The Bertz CT molecular complexity index is 257. The third kappa shape index (κ3) is 3.08. The van der Waals surface area contributed by atoms with Crippen LogP contribution in [0.15, 0.2) is 15.9 Å². The summed E-state index contributed by atoms with van der Waals surface area (Å²) in [6, 6.07) is 2.23. The molecule has 3 heteroatoms. The van der Waals surface area contributed by atoms with Crippen LogP contribution < -0.4 is 5.32 Å². The molecule has 1 heterocycles. The average Bonchev–Trinajstić information content (AvgIpc) is 2.46. The lowest BCUT2D eigenvalue weighted by molar-refractivity contribution is 0.484. The van der Waals surface area contributed by atoms with Crippen LogP contribution in [0.1, 0.15) is 24.6 Å². The molecule has 0 bridgehead atoms. The van der Waals surface area contributed by atoms with Crippen molar-refractivity contribution >= 4 is 27.3 Å². The van der Waals surface area contributed by atoms with Crippen molar-refractivity contribution in [2.75, 3.05) is 13.6 Å². The number of halogens is 1. The van der Waals surface area contributed by atoms with Crippen LogP contribution in [-0.4, -0.2) is 13.6 Å². The Morgan fingerprint density at radius 3 is 2.62 bits per heavy atom. The molecule has 0 saturated heterocycles. The van der Waals surface area contributed by atoms with Gasteiger partial charge in [-0.3, -0.25) is 0 Å². The first-order valence-corrected chi connectivity index (χ1v) is 6.21. The van der Waals surface area contributed by atoms with Crippen molar-refractivity contribution in [3.63, 3.8) is 0 Å². The maximum atomic E-state index is 3.49. The van der Waals surface area contributed by atoms with Crippen LogP contribution in [0, 0.1) is 5.92 Å². The van der Waals surface area contributed by atoms with Crippen molar-refractivity contribution in [3.8, 4) is 0 Å². The average molecular weight is 262 g/mol. The van der Waals surface area contributed by atoms with Gasteiger partial charge in [0, 0.05) is 27.2 Å². The van der Waals surface area contributed by atoms with Crippen LogP contribution in [-0.2, 0) is 0 Å². The molecule has 1 unspecified atom stereocenters. The molecule has 1 rings (SSSR count). The van der Waals surface area contributed by atoms with Crippen molar-refractivity contribution in [3.05, 3.63) is 20.8 Å². The normalized spacial score (nSPS) is 13.6. The Morgan fingerprint density at radius 1 is 1.54 bits per heavy atom. The van der Waals surface area contributed by atoms with Crippen molar-refractivity contribution < 1.29 is 0 Å². The third-order valence-electron chi connectivity index (χ3n) is 2.18. The highest BCUT2D eigenvalue weighted by Gasteiger charge is 2.16. The van der Waals surface area contributed by atoms with Crippen molar-refractivity contribution in [1.29, 1.82) is 0 Å². The monoisotopic (exact) mass is 261 g/mol. The van der Waals surface area contributed by atoms with E-state index in [1.54, 1.807) is 0 Å². The number of nitrogens with one attached hydrogen (secondary N) is 1. The summed E-state index contributed by atoms with van der Waals surface area (Å²) in [6.07, 6.45) is 0. The molecule has 0 amide bonds. The number of thiophene rings is 1. The molecule has 0 fully saturated rings. The maximum Gasteiger partial charge on any atom is 0.0285 e. The molecule has 0 aliphatic rings. The number of likely N-dealkylation sites (N-methyl/N-ethyl adjacent to an activating group) is 1. The second kappa shape index (κ2) is 5.13. The lowest BCUT2D eigenvalue weighted by atomic mass is 9.94. The van der Waals surface area contributed by atoms with E-state index < -0.39 is 0 Å². The summed E-state index contributed by atoms with van der Waals surface area (Å²) in [4.78, 5) is 1.47. The zero-order chi connectivity index (χ0) is 9.84. The number of hydrogen-bond donors (Lipinski definition) is 1. The second-order valence-electron chi connectivity index (χ2n) is 3.58. The van der Waals surface area contributed by atoms with Crippen LogP contribution in [0.25, 0.3) is 0 Å². The SMILES string of the molecule is CNCC(c1cc(Br)cs1)C(C)C. The zero-order valence-corrected chi connectivity index (χ0v) is 10.7. The summed E-state index contributed by atoms with van der Waals surface area (Å²) in [5.41, 5.74) is 0. The molecule has 0 aliphatic carbocycles. The van der Waals surface area contributed by atoms with E-state index in [-0.39, 0.29) is 0 Å². The molecule has 1 N–H and O–H groups in total. The summed E-state index contributed by atoms with van der Waals surface area (Å²) >= 11 is 5.33. The van der Waals surface area contributed by atoms with Gasteiger partial charge in [-0.25, -0.2) is 0 Å². The topological polar surface area (TPSA) is 12.0 Å². The standard InChI is InChI=1S/C10H16BrNS/c1-7(2)9(5-12-3)10-4-8(11)6-13-10/h4,6-7,9,12H,5H2,1-3H3. The molecule has 13 heavy (non-hydrogen) atoms. The summed E-state index contributed by atoms with van der Waals surface area (Å²) in [5.74, 6) is 1.33. The van der Waals surface area contributed by atoms with E-state index in [2.05, 4.69) is 46.5 Å². The maximum absolute atomic E-state index is 3.49. The Kier molecular flexibility index (Phi) is 4.42. The largest absolute Gasteiger partial charge is 0.319 e. The summed E-state index contributed by atoms with van der Waals surface area (Å²) in [6.45, 7) is 5.61. The van der Waals surface area contributed by atoms with Crippen LogP contribution in [0.5, 0.6) is 0 Å². The second-order valence-corrected chi connectivity index (χ2v) is 5.43. The molecule has 0 spiro atoms. The highest BCUT2D eigenvalue weighted by atomic mass is 79.9. The van der Waals surface area contributed by atoms with Crippen molar-refractivity contribution in [1.82, 2.24) is 5.32 Å². The Labute approximate surface area is 92.7 Å². The van der Waals surface area contributed by atoms with E-state index >= 15 is 0 Å². The fourth-order valence-electron chi connectivity index (χ4n) is 1.41. The molecule has 1 aromatic heterocycles. The predicted molar refractivity (Wildman–Crippen MR) is 63.5 cm³/mol. The molecule has 74 valence electrons. The van der Waals surface area contributed by atoms with Gasteiger partial charge in [0.05, 0.1) is 0 Å². The molecule has 1 aromatic rings. The molecule has 0 aromatic carbocycles. The molecular formula is C10H16BrNS.